The van der Waals surface area contributed by atoms with E-state index < -0.39 is 35.1 Å². The molecule has 1 unspecified atom stereocenters. The third-order valence-corrected chi connectivity index (χ3v) is 6.39. The van der Waals surface area contributed by atoms with Gasteiger partial charge < -0.3 is 15.2 Å². The van der Waals surface area contributed by atoms with Gasteiger partial charge in [0.2, 0.25) is 5.91 Å². The predicted molar refractivity (Wildman–Crippen MR) is 150 cm³/mol. The molecule has 0 bridgehead atoms. The normalized spacial score (nSPS) is 12.3. The number of carboxylic acids is 1. The summed E-state index contributed by atoms with van der Waals surface area (Å²) in [5, 5.41) is 11.8. The summed E-state index contributed by atoms with van der Waals surface area (Å²) in [4.78, 5) is 50.1. The van der Waals surface area contributed by atoms with E-state index in [1.54, 1.807) is 6.92 Å². The van der Waals surface area contributed by atoms with E-state index in [9.17, 15) is 28.0 Å². The topological polar surface area (TPSA) is 115 Å². The highest BCUT2D eigenvalue weighted by atomic mass is 35.5. The van der Waals surface area contributed by atoms with Gasteiger partial charge >= 0.3 is 5.97 Å². The number of Topliss-reactive ketones (excluding diaryl/α,β-unsaturated/α-hetero) is 1. The molecule has 0 aliphatic carbocycles. The molecule has 41 heavy (non-hydrogen) atoms. The minimum Gasteiger partial charge on any atom is -0.495 e. The molecule has 0 radical (unpaired) electrons. The van der Waals surface area contributed by atoms with Gasteiger partial charge in [0, 0.05) is 40.4 Å². The van der Waals surface area contributed by atoms with Gasteiger partial charge in [0.15, 0.2) is 5.78 Å². The average molecular weight is 585 g/mol. The number of aromatic nitrogens is 1. The molecule has 8 nitrogen and oxygen atoms in total. The number of carbonyl (C=O) groups excluding carboxylic acids is 2. The molecule has 1 heterocycles. The van der Waals surface area contributed by atoms with Gasteiger partial charge in [0.1, 0.15) is 23.4 Å². The molecule has 0 saturated heterocycles. The molecule has 1 amide bonds. The van der Waals surface area contributed by atoms with Crippen LogP contribution in [0.1, 0.15) is 42.2 Å². The first-order valence-electron chi connectivity index (χ1n) is 12.4. The van der Waals surface area contributed by atoms with Crippen LogP contribution in [-0.2, 0) is 16.0 Å². The summed E-state index contributed by atoms with van der Waals surface area (Å²) in [6, 6.07) is 7.29. The van der Waals surface area contributed by atoms with Gasteiger partial charge in [-0.3, -0.25) is 23.7 Å². The summed E-state index contributed by atoms with van der Waals surface area (Å²) < 4.78 is 34.8. The summed E-state index contributed by atoms with van der Waals surface area (Å²) in [5.74, 6) is -3.67. The fourth-order valence-electron chi connectivity index (χ4n) is 4.13. The second-order valence-corrected chi connectivity index (χ2v) is 9.37. The van der Waals surface area contributed by atoms with E-state index in [4.69, 9.17) is 21.4 Å². The second kappa shape index (κ2) is 13.7. The Morgan fingerprint density at radius 1 is 1.12 bits per heavy atom. The fourth-order valence-corrected chi connectivity index (χ4v) is 4.30. The Balaban J connectivity index is 2.15. The van der Waals surface area contributed by atoms with E-state index in [0.717, 1.165) is 10.6 Å². The summed E-state index contributed by atoms with van der Waals surface area (Å²) in [5.41, 5.74) is 0.414. The molecule has 0 spiro atoms. The smallest absolute Gasteiger partial charge is 0.307 e. The van der Waals surface area contributed by atoms with Crippen LogP contribution in [0.2, 0.25) is 5.02 Å². The number of carbonyl (C=O) groups is 3. The van der Waals surface area contributed by atoms with E-state index in [-0.39, 0.29) is 41.2 Å². The number of allylic oxidation sites excluding steroid dienone is 2. The number of pyridine rings is 1. The van der Waals surface area contributed by atoms with Crippen molar-refractivity contribution >= 4 is 29.3 Å². The van der Waals surface area contributed by atoms with E-state index in [0.29, 0.717) is 22.2 Å². The maximum Gasteiger partial charge on any atom is 0.307 e. The first-order chi connectivity index (χ1) is 19.4. The maximum atomic E-state index is 14.6. The highest BCUT2D eigenvalue weighted by Crippen LogP contribution is 2.34. The number of rotatable bonds is 11. The summed E-state index contributed by atoms with van der Waals surface area (Å²) >= 11 is 6.17. The van der Waals surface area contributed by atoms with Crippen LogP contribution in [0.15, 0.2) is 77.4 Å². The molecule has 2 N–H and O–H groups in total. The number of ether oxygens (including phenoxy) is 1. The Labute approximate surface area is 239 Å². The molecule has 2 aromatic carbocycles. The van der Waals surface area contributed by atoms with Gasteiger partial charge in [-0.25, -0.2) is 8.78 Å². The Kier molecular flexibility index (Phi) is 10.3. The number of hydrogen-bond acceptors (Lipinski definition) is 5. The monoisotopic (exact) mass is 584 g/mol. The standard InChI is InChI=1S/C30H27ClF2N2O6/c1-4-21(6-5-7-29(38)39)34-30(40)26(12-18-8-10-20(32)14-25(18)33)35-16-27(41-3)24(15-28(35)37)23-13-19(31)9-11-22(23)17(2)36/h4-6,8-11,13-16,26H,7,12H2,1-3H3,(H,34,40)(H,38,39)/b6-5-,21-4+. The largest absolute Gasteiger partial charge is 0.495 e. The van der Waals surface area contributed by atoms with Crippen molar-refractivity contribution in [2.75, 3.05) is 7.11 Å². The third-order valence-electron chi connectivity index (χ3n) is 6.15. The first kappa shape index (κ1) is 31.0. The zero-order valence-electron chi connectivity index (χ0n) is 22.4. The summed E-state index contributed by atoms with van der Waals surface area (Å²) in [7, 11) is 1.34. The molecule has 1 aromatic heterocycles. The molecular formula is C30H27ClF2N2O6. The zero-order chi connectivity index (χ0) is 30.3. The third kappa shape index (κ3) is 7.76. The van der Waals surface area contributed by atoms with Gasteiger partial charge in [-0.2, -0.15) is 0 Å². The Morgan fingerprint density at radius 2 is 1.85 bits per heavy atom. The number of aliphatic carboxylic acids is 1. The average Bonchev–Trinajstić information content (AvgIpc) is 2.91. The van der Waals surface area contributed by atoms with Gasteiger partial charge in [-0.1, -0.05) is 29.8 Å². The molecule has 3 rings (SSSR count). The van der Waals surface area contributed by atoms with E-state index in [1.807, 2.05) is 0 Å². The summed E-state index contributed by atoms with van der Waals surface area (Å²) in [6.07, 6.45) is 4.86. The number of nitrogens with one attached hydrogen (secondary N) is 1. The lowest BCUT2D eigenvalue weighted by molar-refractivity contribution is -0.136. The Hall–Kier alpha value is -4.57. The highest BCUT2D eigenvalue weighted by Gasteiger charge is 2.26. The molecule has 3 aromatic rings. The molecule has 0 aliphatic rings. The number of hydrogen-bond donors (Lipinski definition) is 2. The van der Waals surface area contributed by atoms with Crippen molar-refractivity contribution in [3.05, 3.63) is 111 Å². The molecule has 0 saturated carbocycles. The van der Waals surface area contributed by atoms with Crippen LogP contribution < -0.4 is 15.6 Å². The maximum absolute atomic E-state index is 14.6. The number of nitrogens with zero attached hydrogens (tertiary/aromatic N) is 1. The van der Waals surface area contributed by atoms with Crippen molar-refractivity contribution in [1.82, 2.24) is 9.88 Å². The minimum absolute atomic E-state index is 0.0290. The number of ketones is 1. The van der Waals surface area contributed by atoms with Crippen molar-refractivity contribution in [3.63, 3.8) is 0 Å². The SMILES string of the molecule is C/C=C(\C=C/CC(=O)O)NC(=O)C(Cc1ccc(F)cc1F)n1cc(OC)c(-c2cc(Cl)ccc2C(C)=O)cc1=O. The Morgan fingerprint density at radius 3 is 2.46 bits per heavy atom. The number of carboxylic acid groups (broad SMARTS) is 1. The van der Waals surface area contributed by atoms with Crippen LogP contribution in [0.4, 0.5) is 8.78 Å². The quantitative estimate of drug-likeness (QED) is 0.227. The van der Waals surface area contributed by atoms with E-state index >= 15 is 0 Å². The number of methoxy groups -OCH3 is 1. The molecule has 214 valence electrons. The van der Waals surface area contributed by atoms with Crippen LogP contribution in [0.3, 0.4) is 0 Å². The van der Waals surface area contributed by atoms with Crippen LogP contribution in [0.25, 0.3) is 11.1 Å². The minimum atomic E-state index is -1.35. The van der Waals surface area contributed by atoms with Gasteiger partial charge in [0.25, 0.3) is 5.56 Å². The van der Waals surface area contributed by atoms with Crippen molar-refractivity contribution in [2.45, 2.75) is 32.7 Å². The Bertz CT molecular complexity index is 1610. The zero-order valence-corrected chi connectivity index (χ0v) is 23.2. The van der Waals surface area contributed by atoms with E-state index in [1.165, 1.54) is 68.8 Å². The molecule has 0 aliphatic heterocycles. The van der Waals surface area contributed by atoms with Gasteiger partial charge in [-0.15, -0.1) is 0 Å². The van der Waals surface area contributed by atoms with Gasteiger partial charge in [-0.05, 0) is 55.3 Å². The lowest BCUT2D eigenvalue weighted by Gasteiger charge is -2.22. The molecule has 11 heteroatoms. The van der Waals surface area contributed by atoms with Crippen molar-refractivity contribution in [2.24, 2.45) is 0 Å². The van der Waals surface area contributed by atoms with Crippen LogP contribution in [0, 0.1) is 11.6 Å². The lowest BCUT2D eigenvalue weighted by Crippen LogP contribution is -2.38. The molecular weight excluding hydrogens is 558 g/mol. The summed E-state index contributed by atoms with van der Waals surface area (Å²) in [6.45, 7) is 2.97. The highest BCUT2D eigenvalue weighted by molar-refractivity contribution is 6.31. The van der Waals surface area contributed by atoms with Crippen LogP contribution in [-0.4, -0.2) is 34.4 Å². The van der Waals surface area contributed by atoms with Crippen LogP contribution >= 0.6 is 11.6 Å². The lowest BCUT2D eigenvalue weighted by atomic mass is 9.97. The molecule has 1 atom stereocenters. The van der Waals surface area contributed by atoms with Crippen molar-refractivity contribution < 1.29 is 33.0 Å². The van der Waals surface area contributed by atoms with Crippen molar-refractivity contribution in [1.29, 1.82) is 0 Å². The van der Waals surface area contributed by atoms with Crippen LogP contribution in [0.5, 0.6) is 5.75 Å². The fraction of sp³-hybridized carbons (Fsp3) is 0.200. The van der Waals surface area contributed by atoms with Gasteiger partial charge in [0.05, 0.1) is 19.7 Å². The first-order valence-corrected chi connectivity index (χ1v) is 12.7. The predicted octanol–water partition coefficient (Wildman–Crippen LogP) is 5.49. The number of amides is 1. The number of benzene rings is 2. The number of halogens is 3. The van der Waals surface area contributed by atoms with Crippen molar-refractivity contribution in [3.8, 4) is 16.9 Å². The second-order valence-electron chi connectivity index (χ2n) is 8.94. The molecule has 0 fully saturated rings. The van der Waals surface area contributed by atoms with E-state index in [2.05, 4.69) is 5.32 Å².